The maximum absolute atomic E-state index is 12.9. The highest BCUT2D eigenvalue weighted by Gasteiger charge is 2.30. The quantitative estimate of drug-likeness (QED) is 0.0408. The Hall–Kier alpha value is -14.4. The maximum atomic E-state index is 12.9. The highest BCUT2D eigenvalue weighted by Crippen LogP contribution is 2.41. The number of nitrogens with one attached hydrogen (secondary N) is 3. The Morgan fingerprint density at radius 3 is 1.29 bits per heavy atom. The van der Waals surface area contributed by atoms with Crippen LogP contribution in [0.2, 0.25) is 0 Å². The predicted octanol–water partition coefficient (Wildman–Crippen LogP) is 22.1. The number of benzene rings is 4. The van der Waals surface area contributed by atoms with Gasteiger partial charge in [-0.1, -0.05) is 150 Å². The Morgan fingerprint density at radius 2 is 0.856 bits per heavy atom. The van der Waals surface area contributed by atoms with Gasteiger partial charge in [0.2, 0.25) is 0 Å². The molecule has 0 radical (unpaired) electrons. The van der Waals surface area contributed by atoms with Crippen molar-refractivity contribution in [2.24, 2.45) is 35.2 Å². The average Bonchev–Trinajstić information content (AvgIpc) is 1.61. The number of carbonyl (C=O) groups is 4. The van der Waals surface area contributed by atoms with E-state index in [2.05, 4.69) is 257 Å². The van der Waals surface area contributed by atoms with Gasteiger partial charge in [0.15, 0.2) is 27.2 Å². The molecule has 4 N–H and O–H groups in total. The van der Waals surface area contributed by atoms with Crippen LogP contribution in [0.15, 0.2) is 190 Å². The first-order valence-corrected chi connectivity index (χ1v) is 53.4. The molecule has 0 saturated heterocycles. The number of rotatable bonds is 24. The topological polar surface area (TPSA) is 384 Å². The van der Waals surface area contributed by atoms with Crippen molar-refractivity contribution in [2.45, 2.75) is 183 Å². The highest BCUT2D eigenvalue weighted by molar-refractivity contribution is 7.91. The number of allylic oxidation sites excluding steroid dienone is 1. The van der Waals surface area contributed by atoms with Crippen molar-refractivity contribution in [3.8, 4) is 78.8 Å². The molecule has 4 aromatic carbocycles. The van der Waals surface area contributed by atoms with Gasteiger partial charge in [-0.2, -0.15) is 15.3 Å². The maximum Gasteiger partial charge on any atom is 0.263 e. The van der Waals surface area contributed by atoms with E-state index in [9.17, 15) is 32.7 Å². The summed E-state index contributed by atoms with van der Waals surface area (Å²) in [5, 5.41) is 33.8. The van der Waals surface area contributed by atoms with Gasteiger partial charge in [-0.3, -0.25) is 33.2 Å². The number of carbonyl (C=O) groups excluding carboxylic acids is 4. The summed E-state index contributed by atoms with van der Waals surface area (Å²) < 4.78 is 33.2. The van der Waals surface area contributed by atoms with Crippen molar-refractivity contribution in [1.82, 2.24) is 114 Å². The number of aromatic amines is 2. The lowest BCUT2D eigenvalue weighted by atomic mass is 9.93. The third-order valence-corrected chi connectivity index (χ3v) is 33.2. The molecule has 1 unspecified atom stereocenters. The van der Waals surface area contributed by atoms with Crippen molar-refractivity contribution >= 4 is 128 Å². The number of H-pyrrole nitrogens is 2. The first-order chi connectivity index (χ1) is 69.4. The molecule has 35 heteroatoms. The number of aromatic nitrogens is 22. The third kappa shape index (κ3) is 23.0. The summed E-state index contributed by atoms with van der Waals surface area (Å²) in [5.41, 5.74) is 26.9. The van der Waals surface area contributed by atoms with E-state index in [4.69, 9.17) is 0 Å². The fourth-order valence-electron chi connectivity index (χ4n) is 17.6. The molecule has 15 aromatic heterocycles. The highest BCUT2D eigenvalue weighted by atomic mass is 32.2. The van der Waals surface area contributed by atoms with Crippen molar-refractivity contribution in [3.05, 3.63) is 280 Å². The first kappa shape index (κ1) is 103. The Labute approximate surface area is 863 Å². The zero-order chi connectivity index (χ0) is 104. The van der Waals surface area contributed by atoms with E-state index >= 15 is 0 Å². The molecule has 0 fully saturated rings. The van der Waals surface area contributed by atoms with Crippen LogP contribution in [0.25, 0.3) is 129 Å². The second kappa shape index (κ2) is 42.0. The van der Waals surface area contributed by atoms with Gasteiger partial charge in [0.05, 0.1) is 117 Å². The summed E-state index contributed by atoms with van der Waals surface area (Å²) in [4.78, 5) is 115. The lowest BCUT2D eigenvalue weighted by Crippen LogP contribution is -2.22. The lowest BCUT2D eigenvalue weighted by molar-refractivity contribution is 0.0949. The van der Waals surface area contributed by atoms with Crippen LogP contribution in [-0.2, 0) is 86.1 Å². The number of ketones is 3. The molecule has 19 aromatic rings. The molecule has 1 amide bonds. The normalized spacial score (nSPS) is 13.1. The second-order valence-corrected chi connectivity index (χ2v) is 47.7. The minimum absolute atomic E-state index is 0.0247. The standard InChI is InChI=1S/C29H32N6OS.C28H30N6OS.C28H30N4O4S2.C26H27N7OS/c1-17-12-20(9-8-19(17)10-11-24(36)25-14-30-28(37-25)29(3,4)5)26-21-13-23(22-15-34(6)33-18(22)2)35(7)27(21)32-16-31-26;1-17-11-19(8-7-18(17)9-10-23(35)24-14-29-27(36-24)28(2,3)4)25-21-12-22(20-13-32-33(5)15-20)34(6)26(21)31-16-30-25;1-28(2,3)27-29-14-24(37-27)23(34)12-20(15-33)17-4-6-19(7-5-17)25-21-13-22(32-26(21)31-16-30-25)18-8-10-38(35,36)11-9-18;1-15-8-16(6-7-17(15)10-27-24(34)21-12-28-25(35-21)26(2,3)4)22-19-9-20(18-11-31-33(5)13-18)32-23(19)30-14-29-22/h8-9,12-16H,10-11H2,1-7H3;7-8,11-16H,9-10H2,1-6H3;4-8,13-14,16,20,33H,9-12,15H2,1-3H3,(H,30,31,32);6-9,11-14H,10H2,1-5H3,(H,27,34)(H,29,30,32). The minimum Gasteiger partial charge on any atom is -0.396 e. The molecule has 750 valence electrons. The number of sulfone groups is 1. The van der Waals surface area contributed by atoms with Gasteiger partial charge in [-0.05, 0) is 134 Å². The van der Waals surface area contributed by atoms with Crippen molar-refractivity contribution in [1.29, 1.82) is 0 Å². The van der Waals surface area contributed by atoms with Crippen molar-refractivity contribution in [2.75, 3.05) is 18.1 Å². The first-order valence-electron chi connectivity index (χ1n) is 48.3. The van der Waals surface area contributed by atoms with Crippen LogP contribution in [0, 0.1) is 27.7 Å². The van der Waals surface area contributed by atoms with Gasteiger partial charge >= 0.3 is 0 Å². The summed E-state index contributed by atoms with van der Waals surface area (Å²) >= 11 is 5.88. The number of Topliss-reactive ketones (excluding diaryl/α,β-unsaturated/α-hetero) is 3. The van der Waals surface area contributed by atoms with Gasteiger partial charge in [0.1, 0.15) is 52.8 Å². The van der Waals surface area contributed by atoms with E-state index in [1.54, 1.807) is 59.2 Å². The van der Waals surface area contributed by atoms with E-state index in [0.29, 0.717) is 54.1 Å². The number of thiazole rings is 4. The monoisotopic (exact) mass is 2050 g/mol. The number of aryl methyl sites for hydroxylation is 11. The summed E-state index contributed by atoms with van der Waals surface area (Å²) in [5.74, 6) is 0.0389. The molecule has 1 atom stereocenters. The molecular formula is C111H119N23O7S5. The van der Waals surface area contributed by atoms with Crippen LogP contribution in [0.5, 0.6) is 0 Å². The van der Waals surface area contributed by atoms with Crippen LogP contribution < -0.4 is 5.32 Å². The van der Waals surface area contributed by atoms with E-state index < -0.39 is 9.84 Å². The largest absolute Gasteiger partial charge is 0.396 e. The van der Waals surface area contributed by atoms with Crippen molar-refractivity contribution < 1.29 is 32.7 Å². The van der Waals surface area contributed by atoms with E-state index in [1.807, 2.05) is 127 Å². The molecule has 0 bridgehead atoms. The summed E-state index contributed by atoms with van der Waals surface area (Å²) in [7, 11) is 6.77. The number of fused-ring (bicyclic) bond motifs is 4. The Morgan fingerprint density at radius 1 is 0.438 bits per heavy atom. The van der Waals surface area contributed by atoms with Gasteiger partial charge in [-0.25, -0.2) is 68.2 Å². The fourth-order valence-corrected chi connectivity index (χ4v) is 22.5. The van der Waals surface area contributed by atoms with Crippen LogP contribution in [0.4, 0.5) is 0 Å². The van der Waals surface area contributed by atoms with Gasteiger partial charge in [-0.15, -0.1) is 45.3 Å². The molecule has 0 saturated carbocycles. The molecule has 1 aliphatic rings. The molecule has 20 rings (SSSR count). The number of nitrogens with zero attached hydrogens (tertiary/aromatic N) is 20. The number of hydrogen-bond donors (Lipinski definition) is 4. The smallest absolute Gasteiger partial charge is 0.263 e. The SMILES string of the molecule is CC(C)(C)c1ncc(C(=O)CC(CO)c2ccc(-c3ncnc4[nH]c(C5=CCS(=O)(=O)CC5)cc34)cc2)s1.Cc1cc(-c2ncnc3[nH]c(-c4cnn(C)c4)cc23)ccc1CNC(=O)c1cnc(C(C)(C)C)s1.Cc1cc(-c2ncnc3c2cc(-c2cn(C)nc2C)n3C)ccc1CCC(=O)c1cnc(C(C)(C)C)s1.Cc1cc(-c2ncnc3c2cc(-c2cnn(C)c2)n3C)ccc1CCC(=O)c1cnc(C(C)(C)C)s1. The van der Waals surface area contributed by atoms with E-state index in [1.165, 1.54) is 62.8 Å². The molecule has 1 aliphatic heterocycles. The third-order valence-electron chi connectivity index (χ3n) is 25.9. The molecule has 30 nitrogen and oxygen atoms in total. The molecule has 146 heavy (non-hydrogen) atoms. The number of aliphatic hydroxyl groups excluding tert-OH is 1. The molecule has 0 spiro atoms. The summed E-state index contributed by atoms with van der Waals surface area (Å²) in [6.45, 7) is 33.8. The number of hydrogen-bond acceptors (Lipinski definition) is 26. The van der Waals surface area contributed by atoms with Gasteiger partial charge in [0, 0.05) is 192 Å². The van der Waals surface area contributed by atoms with Crippen LogP contribution in [-0.4, -0.2) is 163 Å². The molecule has 16 heterocycles. The Bertz CT molecular complexity index is 8300. The molecule has 0 aliphatic carbocycles. The van der Waals surface area contributed by atoms with Gasteiger partial charge in [0.25, 0.3) is 5.91 Å². The van der Waals surface area contributed by atoms with E-state index in [-0.39, 0.29) is 75.4 Å². The van der Waals surface area contributed by atoms with E-state index in [0.717, 1.165) is 192 Å². The second-order valence-electron chi connectivity index (χ2n) is 41.3. The zero-order valence-electron chi connectivity index (χ0n) is 85.9. The lowest BCUT2D eigenvalue weighted by Gasteiger charge is -2.15. The van der Waals surface area contributed by atoms with Crippen LogP contribution in [0.1, 0.15) is 224 Å². The fraction of sp³-hybridized carbons (Fsp3) is 0.324. The Balaban J connectivity index is 0.000000133. The zero-order valence-corrected chi connectivity index (χ0v) is 90.0. The average molecular weight is 2050 g/mol. The number of amides is 1. The summed E-state index contributed by atoms with van der Waals surface area (Å²) in [6.07, 6.45) is 27.5. The van der Waals surface area contributed by atoms with Crippen LogP contribution in [0.3, 0.4) is 0 Å². The molecular weight excluding hydrogens is 1930 g/mol. The number of aliphatic hydroxyl groups is 1. The van der Waals surface area contributed by atoms with Crippen LogP contribution >= 0.6 is 45.3 Å². The summed E-state index contributed by atoms with van der Waals surface area (Å²) in [6, 6.07) is 35.0. The minimum atomic E-state index is -3.01. The predicted molar refractivity (Wildman–Crippen MR) is 582 cm³/mol. The Kier molecular flexibility index (Phi) is 29.7. The van der Waals surface area contributed by atoms with Gasteiger partial charge < -0.3 is 29.5 Å². The van der Waals surface area contributed by atoms with Crippen molar-refractivity contribution in [3.63, 3.8) is 0 Å².